The fourth-order valence-corrected chi connectivity index (χ4v) is 4.75. The minimum absolute atomic E-state index is 0.0764. The van der Waals surface area contributed by atoms with Crippen LogP contribution in [0.5, 0.6) is 11.5 Å². The molecular formula is C25H16O3. The van der Waals surface area contributed by atoms with E-state index in [4.69, 9.17) is 9.47 Å². The number of ketones is 1. The first-order valence-electron chi connectivity index (χ1n) is 9.23. The number of hydrogen-bond acceptors (Lipinski definition) is 3. The van der Waals surface area contributed by atoms with Gasteiger partial charge in [-0.25, -0.2) is 0 Å². The number of rotatable bonds is 2. The summed E-state index contributed by atoms with van der Waals surface area (Å²) in [6.45, 7) is 0. The van der Waals surface area contributed by atoms with Crippen LogP contribution in [-0.4, -0.2) is 20.0 Å². The van der Waals surface area contributed by atoms with Gasteiger partial charge in [-0.05, 0) is 52.1 Å². The quantitative estimate of drug-likeness (QED) is 0.394. The molecule has 28 heavy (non-hydrogen) atoms. The number of benzene rings is 4. The van der Waals surface area contributed by atoms with Gasteiger partial charge in [0.05, 0.1) is 14.2 Å². The first-order valence-corrected chi connectivity index (χ1v) is 9.23. The molecule has 0 aliphatic heterocycles. The second-order valence-electron chi connectivity index (χ2n) is 7.20. The molecule has 0 N–H and O–H groups in total. The monoisotopic (exact) mass is 364 g/mol. The average Bonchev–Trinajstić information content (AvgIpc) is 3.22. The molecule has 134 valence electrons. The van der Waals surface area contributed by atoms with Crippen molar-refractivity contribution < 1.29 is 14.3 Å². The van der Waals surface area contributed by atoms with Crippen LogP contribution in [0.1, 0.15) is 15.9 Å². The fraction of sp³-hybridized carbons (Fsp3) is 0.0800. The Morgan fingerprint density at radius 1 is 0.607 bits per heavy atom. The SMILES string of the molecule is COc1ccc2c(c1)-c1cc3c(c4c(OC)ccc-2c14)-c1ccccc1C3=O. The molecule has 0 radical (unpaired) electrons. The molecule has 4 aromatic carbocycles. The van der Waals surface area contributed by atoms with Crippen LogP contribution in [0.2, 0.25) is 0 Å². The molecule has 0 aromatic heterocycles. The first kappa shape index (κ1) is 15.5. The minimum Gasteiger partial charge on any atom is -0.497 e. The summed E-state index contributed by atoms with van der Waals surface area (Å²) in [5.41, 5.74) is 7.97. The van der Waals surface area contributed by atoms with Gasteiger partial charge in [-0.2, -0.15) is 0 Å². The van der Waals surface area contributed by atoms with E-state index in [9.17, 15) is 4.79 Å². The zero-order valence-corrected chi connectivity index (χ0v) is 15.5. The Morgan fingerprint density at radius 3 is 2.18 bits per heavy atom. The number of carbonyl (C=O) groups is 1. The second-order valence-corrected chi connectivity index (χ2v) is 7.20. The average molecular weight is 364 g/mol. The van der Waals surface area contributed by atoms with Gasteiger partial charge in [0.15, 0.2) is 5.78 Å². The fourth-order valence-electron chi connectivity index (χ4n) is 4.75. The van der Waals surface area contributed by atoms with E-state index in [1.54, 1.807) is 14.2 Å². The molecule has 4 aromatic rings. The molecule has 3 nitrogen and oxygen atoms in total. The minimum atomic E-state index is 0.0764. The van der Waals surface area contributed by atoms with E-state index < -0.39 is 0 Å². The van der Waals surface area contributed by atoms with Crippen LogP contribution in [0.3, 0.4) is 0 Å². The number of fused-ring (bicyclic) bond motifs is 7. The predicted molar refractivity (Wildman–Crippen MR) is 110 cm³/mol. The lowest BCUT2D eigenvalue weighted by Crippen LogP contribution is -1.96. The largest absolute Gasteiger partial charge is 0.497 e. The van der Waals surface area contributed by atoms with Gasteiger partial charge in [0, 0.05) is 27.5 Å². The van der Waals surface area contributed by atoms with Crippen molar-refractivity contribution in [1.82, 2.24) is 0 Å². The molecule has 0 unspecified atom stereocenters. The van der Waals surface area contributed by atoms with E-state index in [1.807, 2.05) is 42.5 Å². The third kappa shape index (κ3) is 1.71. The van der Waals surface area contributed by atoms with Gasteiger partial charge in [0.2, 0.25) is 0 Å². The Morgan fingerprint density at radius 2 is 1.39 bits per heavy atom. The molecule has 3 heteroatoms. The molecule has 0 spiro atoms. The normalized spacial score (nSPS) is 12.7. The number of methoxy groups -OCH3 is 2. The third-order valence-corrected chi connectivity index (χ3v) is 5.96. The standard InChI is InChI=1S/C25H16O3/c1-27-13-7-8-14-16-9-10-21(28-2)24-22(16)19(18(14)11-13)12-20-23(24)15-5-3-4-6-17(15)25(20)26/h3-12H,1-2H3. The molecular weight excluding hydrogens is 348 g/mol. The Bertz CT molecular complexity index is 1350. The lowest BCUT2D eigenvalue weighted by Gasteiger charge is -2.13. The van der Waals surface area contributed by atoms with Crippen molar-refractivity contribution in [3.63, 3.8) is 0 Å². The topological polar surface area (TPSA) is 35.5 Å². The lowest BCUT2D eigenvalue weighted by molar-refractivity contribution is 0.104. The van der Waals surface area contributed by atoms with E-state index in [1.165, 1.54) is 5.56 Å². The summed E-state index contributed by atoms with van der Waals surface area (Å²) in [5.74, 6) is 1.68. The van der Waals surface area contributed by atoms with Crippen molar-refractivity contribution in [2.45, 2.75) is 0 Å². The zero-order chi connectivity index (χ0) is 19.0. The number of ether oxygens (including phenoxy) is 2. The van der Waals surface area contributed by atoms with Gasteiger partial charge < -0.3 is 9.47 Å². The van der Waals surface area contributed by atoms with Crippen LogP contribution in [0.15, 0.2) is 60.7 Å². The van der Waals surface area contributed by atoms with Crippen molar-refractivity contribution in [3.8, 4) is 44.9 Å². The van der Waals surface area contributed by atoms with Gasteiger partial charge in [0.25, 0.3) is 0 Å². The highest BCUT2D eigenvalue weighted by Crippen LogP contribution is 2.55. The highest BCUT2D eigenvalue weighted by Gasteiger charge is 2.34. The second kappa shape index (κ2) is 5.23. The van der Waals surface area contributed by atoms with Gasteiger partial charge in [-0.15, -0.1) is 0 Å². The molecule has 2 aliphatic rings. The van der Waals surface area contributed by atoms with Crippen LogP contribution in [0.4, 0.5) is 0 Å². The van der Waals surface area contributed by atoms with Crippen LogP contribution in [0, 0.1) is 0 Å². The zero-order valence-electron chi connectivity index (χ0n) is 15.5. The highest BCUT2D eigenvalue weighted by molar-refractivity contribution is 6.31. The van der Waals surface area contributed by atoms with Crippen molar-refractivity contribution in [1.29, 1.82) is 0 Å². The molecule has 0 bridgehead atoms. The van der Waals surface area contributed by atoms with E-state index in [0.717, 1.165) is 61.2 Å². The van der Waals surface area contributed by atoms with Gasteiger partial charge >= 0.3 is 0 Å². The van der Waals surface area contributed by atoms with Gasteiger partial charge in [-0.3, -0.25) is 4.79 Å². The van der Waals surface area contributed by atoms with E-state index in [0.29, 0.717) is 0 Å². The summed E-state index contributed by atoms with van der Waals surface area (Å²) < 4.78 is 11.2. The van der Waals surface area contributed by atoms with Gasteiger partial charge in [-0.1, -0.05) is 36.4 Å². The maximum absolute atomic E-state index is 13.2. The Balaban J connectivity index is 1.83. The Labute approximate surface area is 162 Å². The predicted octanol–water partition coefficient (Wildman–Crippen LogP) is 5.72. The van der Waals surface area contributed by atoms with Crippen molar-refractivity contribution in [3.05, 3.63) is 71.8 Å². The van der Waals surface area contributed by atoms with E-state index in [-0.39, 0.29) is 5.78 Å². The number of carbonyl (C=O) groups excluding carboxylic acids is 1. The Hall–Kier alpha value is -3.59. The Kier molecular flexibility index (Phi) is 2.89. The molecule has 0 heterocycles. The van der Waals surface area contributed by atoms with Gasteiger partial charge in [0.1, 0.15) is 11.5 Å². The molecule has 0 atom stereocenters. The number of hydrogen-bond donors (Lipinski definition) is 0. The molecule has 0 fully saturated rings. The molecule has 6 rings (SSSR count). The molecule has 2 aliphatic carbocycles. The first-order chi connectivity index (χ1) is 13.7. The summed E-state index contributed by atoms with van der Waals surface area (Å²) >= 11 is 0. The van der Waals surface area contributed by atoms with E-state index >= 15 is 0 Å². The highest BCUT2D eigenvalue weighted by atomic mass is 16.5. The van der Waals surface area contributed by atoms with Crippen LogP contribution in [-0.2, 0) is 0 Å². The van der Waals surface area contributed by atoms with E-state index in [2.05, 4.69) is 18.2 Å². The van der Waals surface area contributed by atoms with Crippen molar-refractivity contribution >= 4 is 16.6 Å². The summed E-state index contributed by atoms with van der Waals surface area (Å²) in [6.07, 6.45) is 0. The van der Waals surface area contributed by atoms with Crippen molar-refractivity contribution in [2.75, 3.05) is 14.2 Å². The maximum atomic E-state index is 13.2. The summed E-state index contributed by atoms with van der Waals surface area (Å²) in [5, 5.41) is 2.16. The summed E-state index contributed by atoms with van der Waals surface area (Å²) in [7, 11) is 3.36. The summed E-state index contributed by atoms with van der Waals surface area (Å²) in [6, 6.07) is 20.1. The summed E-state index contributed by atoms with van der Waals surface area (Å²) in [4.78, 5) is 13.2. The molecule has 0 saturated heterocycles. The van der Waals surface area contributed by atoms with Crippen LogP contribution >= 0.6 is 0 Å². The molecule has 0 amide bonds. The third-order valence-electron chi connectivity index (χ3n) is 5.96. The lowest BCUT2D eigenvalue weighted by atomic mass is 9.92. The van der Waals surface area contributed by atoms with Crippen molar-refractivity contribution in [2.24, 2.45) is 0 Å². The smallest absolute Gasteiger partial charge is 0.194 e. The van der Waals surface area contributed by atoms with Crippen LogP contribution in [0.25, 0.3) is 44.2 Å². The molecule has 0 saturated carbocycles. The maximum Gasteiger partial charge on any atom is 0.194 e. The van der Waals surface area contributed by atoms with Crippen LogP contribution < -0.4 is 9.47 Å².